The first kappa shape index (κ1) is 23.0. The fourth-order valence-electron chi connectivity index (χ4n) is 2.17. The van der Waals surface area contributed by atoms with Gasteiger partial charge >= 0.3 is 0 Å². The van der Waals surface area contributed by atoms with Crippen molar-refractivity contribution in [1.29, 1.82) is 0 Å². The van der Waals surface area contributed by atoms with Gasteiger partial charge in [0.1, 0.15) is 12.0 Å². The monoisotopic (exact) mass is 382 g/mol. The summed E-state index contributed by atoms with van der Waals surface area (Å²) in [5.41, 5.74) is 0.423. The Kier molecular flexibility index (Phi) is 12.9. The van der Waals surface area contributed by atoms with Crippen LogP contribution in [-0.2, 0) is 14.2 Å². The number of hydrogen-bond acceptors (Lipinski definition) is 7. The van der Waals surface area contributed by atoms with E-state index in [4.69, 9.17) is 14.2 Å². The minimum absolute atomic E-state index is 0.0853. The molecule has 8 heteroatoms. The maximum atomic E-state index is 12.0. The lowest BCUT2D eigenvalue weighted by atomic mass is 10.1. The number of benzene rings is 1. The van der Waals surface area contributed by atoms with Crippen LogP contribution in [0.2, 0.25) is 0 Å². The second-order valence-corrected chi connectivity index (χ2v) is 5.80. The molecule has 0 fully saturated rings. The van der Waals surface area contributed by atoms with Gasteiger partial charge in [-0.1, -0.05) is 0 Å². The van der Waals surface area contributed by atoms with Crippen molar-refractivity contribution in [3.8, 4) is 5.75 Å². The van der Waals surface area contributed by atoms with Crippen molar-refractivity contribution in [3.05, 3.63) is 29.3 Å². The smallest absolute Gasteiger partial charge is 0.255 e. The van der Waals surface area contributed by atoms with Crippen molar-refractivity contribution in [2.24, 2.45) is 0 Å². The Labute approximate surface area is 160 Å². The first-order valence-electron chi connectivity index (χ1n) is 9.13. The molecule has 0 bridgehead atoms. The summed E-state index contributed by atoms with van der Waals surface area (Å²) in [6.07, 6.45) is 2.24. The van der Waals surface area contributed by atoms with E-state index < -0.39 is 5.91 Å². The van der Waals surface area contributed by atoms with Gasteiger partial charge in [0.15, 0.2) is 0 Å². The van der Waals surface area contributed by atoms with Crippen LogP contribution < -0.4 is 10.6 Å². The van der Waals surface area contributed by atoms with Gasteiger partial charge in [0.2, 0.25) is 0 Å². The molecule has 27 heavy (non-hydrogen) atoms. The molecule has 0 atom stereocenters. The van der Waals surface area contributed by atoms with Gasteiger partial charge in [0, 0.05) is 25.3 Å². The zero-order valence-corrected chi connectivity index (χ0v) is 15.9. The molecular weight excluding hydrogens is 352 g/mol. The fourth-order valence-corrected chi connectivity index (χ4v) is 2.17. The zero-order chi connectivity index (χ0) is 19.7. The molecule has 0 heterocycles. The van der Waals surface area contributed by atoms with E-state index in [1.165, 1.54) is 18.2 Å². The average Bonchev–Trinajstić information content (AvgIpc) is 2.68. The Bertz CT molecular complexity index is 553. The molecule has 1 aromatic carbocycles. The Morgan fingerprint density at radius 2 is 1.59 bits per heavy atom. The van der Waals surface area contributed by atoms with Crippen molar-refractivity contribution in [3.63, 3.8) is 0 Å². The number of aromatic hydroxyl groups is 1. The highest BCUT2D eigenvalue weighted by Crippen LogP contribution is 2.17. The van der Waals surface area contributed by atoms with Crippen LogP contribution in [0.3, 0.4) is 0 Å². The van der Waals surface area contributed by atoms with Gasteiger partial charge in [0.05, 0.1) is 32.0 Å². The number of carbonyl (C=O) groups is 2. The number of hydrogen-bond donors (Lipinski definition) is 3. The van der Waals surface area contributed by atoms with E-state index in [0.29, 0.717) is 57.8 Å². The van der Waals surface area contributed by atoms with Gasteiger partial charge in [-0.2, -0.15) is 0 Å². The SMILES string of the molecule is CNCCCOCCOCCOCCCNC(=O)c1cc(C=O)ccc1O. The lowest BCUT2D eigenvalue weighted by Crippen LogP contribution is -2.25. The van der Waals surface area contributed by atoms with Crippen molar-refractivity contribution in [2.45, 2.75) is 12.8 Å². The molecule has 0 aromatic heterocycles. The number of aldehydes is 1. The number of amides is 1. The molecule has 0 aliphatic heterocycles. The molecule has 0 aliphatic rings. The highest BCUT2D eigenvalue weighted by molar-refractivity contribution is 5.98. The fraction of sp³-hybridized carbons (Fsp3) is 0.579. The predicted molar refractivity (Wildman–Crippen MR) is 101 cm³/mol. The Morgan fingerprint density at radius 1 is 1.00 bits per heavy atom. The molecule has 0 spiro atoms. The van der Waals surface area contributed by atoms with Crippen molar-refractivity contribution >= 4 is 12.2 Å². The number of nitrogens with one attached hydrogen (secondary N) is 2. The maximum Gasteiger partial charge on any atom is 0.255 e. The Morgan fingerprint density at radius 3 is 2.19 bits per heavy atom. The summed E-state index contributed by atoms with van der Waals surface area (Å²) in [5.74, 6) is -0.577. The molecule has 8 nitrogen and oxygen atoms in total. The quantitative estimate of drug-likeness (QED) is 0.289. The maximum absolute atomic E-state index is 12.0. The molecule has 0 radical (unpaired) electrons. The molecule has 1 amide bonds. The van der Waals surface area contributed by atoms with E-state index in [2.05, 4.69) is 10.6 Å². The van der Waals surface area contributed by atoms with Crippen LogP contribution in [-0.4, -0.2) is 77.1 Å². The topological polar surface area (TPSA) is 106 Å². The summed E-state index contributed by atoms with van der Waals surface area (Å²) in [4.78, 5) is 22.7. The third kappa shape index (κ3) is 10.7. The lowest BCUT2D eigenvalue weighted by Gasteiger charge is -2.08. The molecule has 3 N–H and O–H groups in total. The molecule has 0 saturated carbocycles. The second-order valence-electron chi connectivity index (χ2n) is 5.80. The number of ether oxygens (including phenoxy) is 3. The molecule has 0 saturated heterocycles. The van der Waals surface area contributed by atoms with E-state index in [1.807, 2.05) is 7.05 Å². The zero-order valence-electron chi connectivity index (χ0n) is 15.9. The van der Waals surface area contributed by atoms with Crippen LogP contribution in [0.4, 0.5) is 0 Å². The standard InChI is InChI=1S/C19H30N2O6/c1-20-6-2-8-25-10-12-27-13-11-26-9-3-7-21-19(24)17-14-16(15-22)4-5-18(17)23/h4-5,14-15,20,23H,2-3,6-13H2,1H3,(H,21,24). The molecule has 152 valence electrons. The summed E-state index contributed by atoms with van der Waals surface area (Å²) in [6.45, 7) is 4.67. The van der Waals surface area contributed by atoms with Gasteiger partial charge in [-0.15, -0.1) is 0 Å². The number of phenolic OH excluding ortho intramolecular Hbond substituents is 1. The summed E-state index contributed by atoms with van der Waals surface area (Å²) >= 11 is 0. The summed E-state index contributed by atoms with van der Waals surface area (Å²) in [5, 5.41) is 15.4. The van der Waals surface area contributed by atoms with E-state index in [9.17, 15) is 14.7 Å². The third-order valence-electron chi connectivity index (χ3n) is 3.61. The number of phenols is 1. The molecule has 0 aliphatic carbocycles. The van der Waals surface area contributed by atoms with E-state index in [1.54, 1.807) is 0 Å². The van der Waals surface area contributed by atoms with Crippen LogP contribution in [0.1, 0.15) is 33.6 Å². The van der Waals surface area contributed by atoms with E-state index in [0.717, 1.165) is 19.6 Å². The van der Waals surface area contributed by atoms with Crippen molar-refractivity contribution in [1.82, 2.24) is 10.6 Å². The molecule has 1 aromatic rings. The van der Waals surface area contributed by atoms with Gasteiger partial charge in [-0.05, 0) is 44.6 Å². The molecular formula is C19H30N2O6. The van der Waals surface area contributed by atoms with Crippen molar-refractivity contribution in [2.75, 3.05) is 59.8 Å². The van der Waals surface area contributed by atoms with Gasteiger partial charge in [-0.3, -0.25) is 9.59 Å². The van der Waals surface area contributed by atoms with Crippen LogP contribution in [0.5, 0.6) is 5.75 Å². The van der Waals surface area contributed by atoms with Crippen LogP contribution >= 0.6 is 0 Å². The van der Waals surface area contributed by atoms with Crippen LogP contribution in [0, 0.1) is 0 Å². The van der Waals surface area contributed by atoms with E-state index >= 15 is 0 Å². The third-order valence-corrected chi connectivity index (χ3v) is 3.61. The summed E-state index contributed by atoms with van der Waals surface area (Å²) in [7, 11) is 1.91. The second kappa shape index (κ2) is 15.1. The van der Waals surface area contributed by atoms with Crippen LogP contribution in [0.15, 0.2) is 18.2 Å². The lowest BCUT2D eigenvalue weighted by molar-refractivity contribution is 0.0139. The normalized spacial score (nSPS) is 10.7. The minimum Gasteiger partial charge on any atom is -0.507 e. The largest absolute Gasteiger partial charge is 0.507 e. The van der Waals surface area contributed by atoms with Gasteiger partial charge < -0.3 is 30.0 Å². The van der Waals surface area contributed by atoms with Gasteiger partial charge in [-0.25, -0.2) is 0 Å². The first-order valence-corrected chi connectivity index (χ1v) is 9.13. The van der Waals surface area contributed by atoms with Crippen molar-refractivity contribution < 1.29 is 28.9 Å². The Hall–Kier alpha value is -2.00. The average molecular weight is 382 g/mol. The highest BCUT2D eigenvalue weighted by Gasteiger charge is 2.11. The Balaban J connectivity index is 1.97. The van der Waals surface area contributed by atoms with Crippen LogP contribution in [0.25, 0.3) is 0 Å². The minimum atomic E-state index is -0.422. The summed E-state index contributed by atoms with van der Waals surface area (Å²) < 4.78 is 16.2. The van der Waals surface area contributed by atoms with E-state index in [-0.39, 0.29) is 11.3 Å². The summed E-state index contributed by atoms with van der Waals surface area (Å²) in [6, 6.07) is 4.14. The molecule has 0 unspecified atom stereocenters. The number of rotatable bonds is 16. The first-order chi connectivity index (χ1) is 13.2. The van der Waals surface area contributed by atoms with Gasteiger partial charge in [0.25, 0.3) is 5.91 Å². The number of carbonyl (C=O) groups excluding carboxylic acids is 2. The highest BCUT2D eigenvalue weighted by atomic mass is 16.5. The predicted octanol–water partition coefficient (Wildman–Crippen LogP) is 0.984. The molecule has 1 rings (SSSR count).